The van der Waals surface area contributed by atoms with E-state index >= 15 is 0 Å². The van der Waals surface area contributed by atoms with E-state index in [2.05, 4.69) is 30.7 Å². The monoisotopic (exact) mass is 416 g/mol. The first-order chi connectivity index (χ1) is 14.3. The fraction of sp³-hybridized carbons (Fsp3) is 0.381. The van der Waals surface area contributed by atoms with Crippen LogP contribution in [-0.4, -0.2) is 41.4 Å². The Morgan fingerprint density at radius 2 is 1.93 bits per heavy atom. The van der Waals surface area contributed by atoms with Crippen molar-refractivity contribution in [1.82, 2.24) is 20.5 Å². The lowest BCUT2D eigenvalue weighted by molar-refractivity contribution is -0.138. The van der Waals surface area contributed by atoms with Crippen LogP contribution in [0.4, 0.5) is 24.8 Å². The first-order valence-electron chi connectivity index (χ1n) is 9.85. The van der Waals surface area contributed by atoms with Crippen molar-refractivity contribution < 1.29 is 13.2 Å². The van der Waals surface area contributed by atoms with Crippen LogP contribution < -0.4 is 15.5 Å². The van der Waals surface area contributed by atoms with Crippen LogP contribution in [0.5, 0.6) is 0 Å². The Morgan fingerprint density at radius 3 is 2.67 bits per heavy atom. The van der Waals surface area contributed by atoms with Gasteiger partial charge in [-0.1, -0.05) is 12.1 Å². The summed E-state index contributed by atoms with van der Waals surface area (Å²) in [4.78, 5) is 6.73. The highest BCUT2D eigenvalue weighted by Gasteiger charge is 2.33. The van der Waals surface area contributed by atoms with E-state index in [-0.39, 0.29) is 11.6 Å². The van der Waals surface area contributed by atoms with Gasteiger partial charge in [0.1, 0.15) is 5.82 Å². The number of halogens is 3. The number of aromatic nitrogens is 3. The SMILES string of the molecule is Cc1c(C(C)Nc2nncc3cnc(N4CCNCC4)cc23)cccc1C(F)(F)F. The van der Waals surface area contributed by atoms with Crippen LogP contribution in [-0.2, 0) is 6.18 Å². The van der Waals surface area contributed by atoms with E-state index in [0.29, 0.717) is 11.4 Å². The zero-order valence-electron chi connectivity index (χ0n) is 16.8. The maximum atomic E-state index is 13.3. The highest BCUT2D eigenvalue weighted by molar-refractivity contribution is 5.92. The molecule has 9 heteroatoms. The Morgan fingerprint density at radius 1 is 1.17 bits per heavy atom. The van der Waals surface area contributed by atoms with Crippen molar-refractivity contribution in [3.8, 4) is 0 Å². The molecule has 30 heavy (non-hydrogen) atoms. The summed E-state index contributed by atoms with van der Waals surface area (Å²) in [6, 6.07) is 5.82. The van der Waals surface area contributed by atoms with Crippen molar-refractivity contribution in [1.29, 1.82) is 0 Å². The molecule has 1 unspecified atom stereocenters. The van der Waals surface area contributed by atoms with Crippen LogP contribution in [0.2, 0.25) is 0 Å². The molecule has 0 aliphatic carbocycles. The maximum Gasteiger partial charge on any atom is 0.416 e. The smallest absolute Gasteiger partial charge is 0.362 e. The van der Waals surface area contributed by atoms with E-state index in [1.165, 1.54) is 13.0 Å². The van der Waals surface area contributed by atoms with E-state index in [9.17, 15) is 13.2 Å². The molecule has 1 aliphatic heterocycles. The number of pyridine rings is 1. The molecule has 0 saturated carbocycles. The van der Waals surface area contributed by atoms with E-state index in [1.54, 1.807) is 18.5 Å². The average molecular weight is 416 g/mol. The second-order valence-corrected chi connectivity index (χ2v) is 7.44. The molecule has 1 aromatic carbocycles. The molecule has 2 N–H and O–H groups in total. The molecule has 1 saturated heterocycles. The summed E-state index contributed by atoms with van der Waals surface area (Å²) in [5.41, 5.74) is 0.157. The second-order valence-electron chi connectivity index (χ2n) is 7.44. The number of rotatable bonds is 4. The standard InChI is InChI=1S/C21H23F3N6/c1-13-16(4-3-5-18(13)21(22,23)24)14(2)28-20-17-10-19(30-8-6-25-7-9-30)26-11-15(17)12-27-29-20/h3-5,10-12,14,25H,6-9H2,1-2H3,(H,28,29). The molecule has 1 aliphatic rings. The summed E-state index contributed by atoms with van der Waals surface area (Å²) >= 11 is 0. The lowest BCUT2D eigenvalue weighted by Gasteiger charge is -2.28. The predicted molar refractivity (Wildman–Crippen MR) is 111 cm³/mol. The van der Waals surface area contributed by atoms with Crippen LogP contribution in [0.15, 0.2) is 36.7 Å². The van der Waals surface area contributed by atoms with Gasteiger partial charge < -0.3 is 15.5 Å². The normalized spacial score (nSPS) is 16.0. The van der Waals surface area contributed by atoms with Gasteiger partial charge in [0.25, 0.3) is 0 Å². The van der Waals surface area contributed by atoms with Crippen LogP contribution in [0, 0.1) is 6.92 Å². The molecule has 3 heterocycles. The van der Waals surface area contributed by atoms with E-state index < -0.39 is 11.7 Å². The maximum absolute atomic E-state index is 13.3. The van der Waals surface area contributed by atoms with E-state index in [4.69, 9.17) is 0 Å². The molecule has 0 radical (unpaired) electrons. The number of benzene rings is 1. The Hall–Kier alpha value is -2.94. The molecule has 0 spiro atoms. The van der Waals surface area contributed by atoms with Crippen molar-refractivity contribution in [2.75, 3.05) is 36.4 Å². The van der Waals surface area contributed by atoms with Gasteiger partial charge in [-0.3, -0.25) is 0 Å². The Labute approximate surface area is 172 Å². The Balaban J connectivity index is 1.67. The lowest BCUT2D eigenvalue weighted by atomic mass is 9.97. The minimum absolute atomic E-state index is 0.210. The first-order valence-corrected chi connectivity index (χ1v) is 9.85. The van der Waals surface area contributed by atoms with Crippen molar-refractivity contribution in [3.05, 3.63) is 53.3 Å². The van der Waals surface area contributed by atoms with Crippen LogP contribution in [0.3, 0.4) is 0 Å². The van der Waals surface area contributed by atoms with Gasteiger partial charge in [0.2, 0.25) is 0 Å². The number of nitrogens with zero attached hydrogens (tertiary/aromatic N) is 4. The Bertz CT molecular complexity index is 1050. The largest absolute Gasteiger partial charge is 0.416 e. The van der Waals surface area contributed by atoms with E-state index in [0.717, 1.165) is 48.8 Å². The van der Waals surface area contributed by atoms with Gasteiger partial charge in [0.05, 0.1) is 17.8 Å². The predicted octanol–water partition coefficient (Wildman–Crippen LogP) is 3.93. The number of piperazine rings is 1. The molecule has 158 valence electrons. The zero-order chi connectivity index (χ0) is 21.3. The van der Waals surface area contributed by atoms with Crippen LogP contribution in [0.1, 0.15) is 29.7 Å². The third-order valence-corrected chi connectivity index (χ3v) is 5.47. The van der Waals surface area contributed by atoms with Crippen molar-refractivity contribution in [3.63, 3.8) is 0 Å². The van der Waals surface area contributed by atoms with Gasteiger partial charge in [0, 0.05) is 43.1 Å². The van der Waals surface area contributed by atoms with Gasteiger partial charge >= 0.3 is 6.18 Å². The minimum Gasteiger partial charge on any atom is -0.362 e. The van der Waals surface area contributed by atoms with Gasteiger partial charge in [-0.05, 0) is 37.1 Å². The van der Waals surface area contributed by atoms with Crippen molar-refractivity contribution in [2.24, 2.45) is 0 Å². The van der Waals surface area contributed by atoms with Crippen LogP contribution >= 0.6 is 0 Å². The Kier molecular flexibility index (Phi) is 5.46. The van der Waals surface area contributed by atoms with Gasteiger partial charge in [-0.25, -0.2) is 4.98 Å². The fourth-order valence-electron chi connectivity index (χ4n) is 3.85. The lowest BCUT2D eigenvalue weighted by Crippen LogP contribution is -2.43. The average Bonchev–Trinajstić information content (AvgIpc) is 2.73. The number of alkyl halides is 3. The molecule has 3 aromatic rings. The number of fused-ring (bicyclic) bond motifs is 1. The number of anilines is 2. The molecule has 1 atom stereocenters. The number of nitrogens with one attached hydrogen (secondary N) is 2. The quantitative estimate of drug-likeness (QED) is 0.672. The second kappa shape index (κ2) is 8.06. The first kappa shape index (κ1) is 20.3. The highest BCUT2D eigenvalue weighted by atomic mass is 19.4. The molecule has 1 fully saturated rings. The summed E-state index contributed by atoms with van der Waals surface area (Å²) in [6.07, 6.45) is -0.995. The zero-order valence-corrected chi connectivity index (χ0v) is 16.8. The third-order valence-electron chi connectivity index (χ3n) is 5.47. The topological polar surface area (TPSA) is 66.0 Å². The number of hydrogen-bond donors (Lipinski definition) is 2. The highest BCUT2D eigenvalue weighted by Crippen LogP contribution is 2.35. The van der Waals surface area contributed by atoms with Crippen molar-refractivity contribution in [2.45, 2.75) is 26.1 Å². The minimum atomic E-state index is -4.39. The molecular weight excluding hydrogens is 393 g/mol. The molecular formula is C21H23F3N6. The summed E-state index contributed by atoms with van der Waals surface area (Å²) in [7, 11) is 0. The van der Waals surface area contributed by atoms with Gasteiger partial charge in [-0.15, -0.1) is 5.10 Å². The summed E-state index contributed by atoms with van der Waals surface area (Å²) in [5.74, 6) is 1.37. The fourth-order valence-corrected chi connectivity index (χ4v) is 3.85. The van der Waals surface area contributed by atoms with Gasteiger partial charge in [0.15, 0.2) is 5.82 Å². The molecule has 2 aromatic heterocycles. The molecule has 4 rings (SSSR count). The third kappa shape index (κ3) is 4.02. The molecule has 0 bridgehead atoms. The van der Waals surface area contributed by atoms with Crippen molar-refractivity contribution >= 4 is 22.4 Å². The summed E-state index contributed by atoms with van der Waals surface area (Å²) in [6.45, 7) is 6.83. The van der Waals surface area contributed by atoms with E-state index in [1.807, 2.05) is 13.0 Å². The van der Waals surface area contributed by atoms with Crippen LogP contribution in [0.25, 0.3) is 10.8 Å². The molecule has 6 nitrogen and oxygen atoms in total. The number of hydrogen-bond acceptors (Lipinski definition) is 6. The van der Waals surface area contributed by atoms with Gasteiger partial charge in [-0.2, -0.15) is 18.3 Å². The summed E-state index contributed by atoms with van der Waals surface area (Å²) < 4.78 is 39.9. The summed E-state index contributed by atoms with van der Waals surface area (Å²) in [5, 5.41) is 16.5. The molecule has 0 amide bonds.